The van der Waals surface area contributed by atoms with Crippen LogP contribution >= 0.6 is 0 Å². The van der Waals surface area contributed by atoms with E-state index in [0.717, 1.165) is 38.5 Å². The molecule has 0 radical (unpaired) electrons. The highest BCUT2D eigenvalue weighted by Gasteiger charge is 2.23. The van der Waals surface area contributed by atoms with Gasteiger partial charge in [0.2, 0.25) is 0 Å². The van der Waals surface area contributed by atoms with E-state index in [1.165, 1.54) is 0 Å². The van der Waals surface area contributed by atoms with Crippen LogP contribution in [0.2, 0.25) is 0 Å². The van der Waals surface area contributed by atoms with E-state index in [4.69, 9.17) is 4.74 Å². The fourth-order valence-electron chi connectivity index (χ4n) is 2.11. The number of Topliss-reactive ketones (excluding diaryl/α,β-unsaturated/α-hetero) is 1. The monoisotopic (exact) mass is 240 g/mol. The Balaban J connectivity index is 2.12. The van der Waals surface area contributed by atoms with Gasteiger partial charge in [-0.1, -0.05) is 0 Å². The Morgan fingerprint density at radius 2 is 2.12 bits per heavy atom. The SMILES string of the molecule is CC(C)(C)C(=O)OCCCC1CCCC(=O)C1. The molecule has 0 spiro atoms. The average Bonchev–Trinajstić information content (AvgIpc) is 2.23. The van der Waals surface area contributed by atoms with Gasteiger partial charge in [0.15, 0.2) is 0 Å². The molecule has 0 heterocycles. The quantitative estimate of drug-likeness (QED) is 0.560. The van der Waals surface area contributed by atoms with E-state index in [2.05, 4.69) is 0 Å². The normalized spacial score (nSPS) is 21.4. The lowest BCUT2D eigenvalue weighted by molar-refractivity contribution is -0.153. The van der Waals surface area contributed by atoms with E-state index < -0.39 is 5.41 Å². The number of rotatable bonds is 4. The summed E-state index contributed by atoms with van der Waals surface area (Å²) in [5, 5.41) is 0. The molecule has 1 rings (SSSR count). The Kier molecular flexibility index (Phi) is 5.16. The second kappa shape index (κ2) is 6.18. The van der Waals surface area contributed by atoms with E-state index >= 15 is 0 Å². The molecule has 1 fully saturated rings. The molecule has 1 saturated carbocycles. The van der Waals surface area contributed by atoms with Crippen molar-refractivity contribution in [3.8, 4) is 0 Å². The van der Waals surface area contributed by atoms with Crippen molar-refractivity contribution < 1.29 is 14.3 Å². The summed E-state index contributed by atoms with van der Waals surface area (Å²) >= 11 is 0. The van der Waals surface area contributed by atoms with Crippen LogP contribution in [-0.4, -0.2) is 18.4 Å². The van der Waals surface area contributed by atoms with Gasteiger partial charge in [-0.3, -0.25) is 9.59 Å². The number of ether oxygens (including phenoxy) is 1. The summed E-state index contributed by atoms with van der Waals surface area (Å²) < 4.78 is 5.20. The fraction of sp³-hybridized carbons (Fsp3) is 0.857. The number of carbonyl (C=O) groups is 2. The van der Waals surface area contributed by atoms with Crippen LogP contribution in [-0.2, 0) is 14.3 Å². The number of hydrogen-bond acceptors (Lipinski definition) is 3. The molecule has 98 valence electrons. The van der Waals surface area contributed by atoms with Crippen molar-refractivity contribution in [2.75, 3.05) is 6.61 Å². The Hall–Kier alpha value is -0.860. The van der Waals surface area contributed by atoms with Gasteiger partial charge in [0.05, 0.1) is 12.0 Å². The van der Waals surface area contributed by atoms with E-state index in [1.54, 1.807) is 0 Å². The van der Waals surface area contributed by atoms with Crippen molar-refractivity contribution in [3.05, 3.63) is 0 Å². The largest absolute Gasteiger partial charge is 0.465 e. The maximum Gasteiger partial charge on any atom is 0.311 e. The van der Waals surface area contributed by atoms with Crippen molar-refractivity contribution in [2.24, 2.45) is 11.3 Å². The third kappa shape index (κ3) is 5.33. The van der Waals surface area contributed by atoms with Crippen molar-refractivity contribution >= 4 is 11.8 Å². The van der Waals surface area contributed by atoms with E-state index in [9.17, 15) is 9.59 Å². The molecule has 0 amide bonds. The highest BCUT2D eigenvalue weighted by atomic mass is 16.5. The first-order chi connectivity index (χ1) is 7.89. The van der Waals surface area contributed by atoms with Gasteiger partial charge in [0.25, 0.3) is 0 Å². The number of esters is 1. The molecule has 0 aromatic rings. The highest BCUT2D eigenvalue weighted by molar-refractivity contribution is 5.79. The molecule has 1 atom stereocenters. The van der Waals surface area contributed by atoms with Crippen molar-refractivity contribution in [3.63, 3.8) is 0 Å². The number of carbonyl (C=O) groups excluding carboxylic acids is 2. The molecular weight excluding hydrogens is 216 g/mol. The zero-order valence-electron chi connectivity index (χ0n) is 11.3. The first kappa shape index (κ1) is 14.2. The molecule has 0 N–H and O–H groups in total. The summed E-state index contributed by atoms with van der Waals surface area (Å²) in [6.07, 6.45) is 5.55. The second-order valence-electron chi connectivity index (χ2n) is 6.03. The van der Waals surface area contributed by atoms with Crippen LogP contribution in [0.4, 0.5) is 0 Å². The third-order valence-corrected chi connectivity index (χ3v) is 3.19. The van der Waals surface area contributed by atoms with Crippen molar-refractivity contribution in [2.45, 2.75) is 59.3 Å². The van der Waals surface area contributed by atoms with Gasteiger partial charge in [-0.15, -0.1) is 0 Å². The molecular formula is C14H24O3. The first-order valence-electron chi connectivity index (χ1n) is 6.58. The summed E-state index contributed by atoms with van der Waals surface area (Å²) in [4.78, 5) is 22.8. The fourth-order valence-corrected chi connectivity index (χ4v) is 2.11. The molecule has 1 aliphatic carbocycles. The molecule has 17 heavy (non-hydrogen) atoms. The maximum absolute atomic E-state index is 11.5. The highest BCUT2D eigenvalue weighted by Crippen LogP contribution is 2.25. The summed E-state index contributed by atoms with van der Waals surface area (Å²) in [5.41, 5.74) is -0.416. The maximum atomic E-state index is 11.5. The number of hydrogen-bond donors (Lipinski definition) is 0. The van der Waals surface area contributed by atoms with Crippen LogP contribution in [0.15, 0.2) is 0 Å². The standard InChI is InChI=1S/C14H24O3/c1-14(2,3)13(16)17-9-5-7-11-6-4-8-12(15)10-11/h11H,4-10H2,1-3H3. The van der Waals surface area contributed by atoms with Crippen LogP contribution in [0.1, 0.15) is 59.3 Å². The third-order valence-electron chi connectivity index (χ3n) is 3.19. The van der Waals surface area contributed by atoms with Gasteiger partial charge in [0.1, 0.15) is 5.78 Å². The number of ketones is 1. The smallest absolute Gasteiger partial charge is 0.311 e. The zero-order valence-corrected chi connectivity index (χ0v) is 11.3. The lowest BCUT2D eigenvalue weighted by atomic mass is 9.85. The van der Waals surface area contributed by atoms with Crippen LogP contribution in [0.3, 0.4) is 0 Å². The lowest BCUT2D eigenvalue weighted by Gasteiger charge is -2.21. The summed E-state index contributed by atoms with van der Waals surface area (Å²) in [6, 6.07) is 0. The molecule has 1 aliphatic rings. The molecule has 1 unspecified atom stereocenters. The first-order valence-corrected chi connectivity index (χ1v) is 6.58. The summed E-state index contributed by atoms with van der Waals surface area (Å²) in [7, 11) is 0. The molecule has 0 aromatic carbocycles. The van der Waals surface area contributed by atoms with Crippen LogP contribution in [0, 0.1) is 11.3 Å². The van der Waals surface area contributed by atoms with E-state index in [-0.39, 0.29) is 5.97 Å². The molecule has 0 bridgehead atoms. The molecule has 3 heteroatoms. The zero-order chi connectivity index (χ0) is 12.9. The summed E-state index contributed by atoms with van der Waals surface area (Å²) in [5.74, 6) is 0.773. The van der Waals surface area contributed by atoms with Gasteiger partial charge < -0.3 is 4.74 Å². The van der Waals surface area contributed by atoms with Gasteiger partial charge in [-0.05, 0) is 52.4 Å². The van der Waals surface area contributed by atoms with Crippen molar-refractivity contribution in [1.82, 2.24) is 0 Å². The second-order valence-corrected chi connectivity index (χ2v) is 6.03. The Labute approximate surface area is 104 Å². The van der Waals surface area contributed by atoms with E-state index in [0.29, 0.717) is 18.3 Å². The minimum atomic E-state index is -0.416. The molecule has 0 saturated heterocycles. The Morgan fingerprint density at radius 3 is 2.71 bits per heavy atom. The Morgan fingerprint density at radius 1 is 1.41 bits per heavy atom. The van der Waals surface area contributed by atoms with Crippen LogP contribution in [0.5, 0.6) is 0 Å². The minimum Gasteiger partial charge on any atom is -0.465 e. The van der Waals surface area contributed by atoms with Gasteiger partial charge in [0, 0.05) is 12.8 Å². The van der Waals surface area contributed by atoms with Gasteiger partial charge in [-0.25, -0.2) is 0 Å². The predicted molar refractivity (Wildman–Crippen MR) is 66.6 cm³/mol. The van der Waals surface area contributed by atoms with Gasteiger partial charge in [-0.2, -0.15) is 0 Å². The lowest BCUT2D eigenvalue weighted by Crippen LogP contribution is -2.23. The molecule has 0 aromatic heterocycles. The van der Waals surface area contributed by atoms with Crippen molar-refractivity contribution in [1.29, 1.82) is 0 Å². The van der Waals surface area contributed by atoms with E-state index in [1.807, 2.05) is 20.8 Å². The minimum absolute atomic E-state index is 0.141. The molecule has 0 aliphatic heterocycles. The Bertz CT molecular complexity index is 276. The molecule has 3 nitrogen and oxygen atoms in total. The van der Waals surface area contributed by atoms with Crippen LogP contribution < -0.4 is 0 Å². The topological polar surface area (TPSA) is 43.4 Å². The van der Waals surface area contributed by atoms with Crippen LogP contribution in [0.25, 0.3) is 0 Å². The predicted octanol–water partition coefficient (Wildman–Crippen LogP) is 3.12. The van der Waals surface area contributed by atoms with Gasteiger partial charge >= 0.3 is 5.97 Å². The summed E-state index contributed by atoms with van der Waals surface area (Å²) in [6.45, 7) is 6.06. The average molecular weight is 240 g/mol.